The third-order valence-electron chi connectivity index (χ3n) is 8.00. The zero-order valence-corrected chi connectivity index (χ0v) is 26.6. The van der Waals surface area contributed by atoms with Gasteiger partial charge in [-0.05, 0) is 92.5 Å². The minimum absolute atomic E-state index is 0.0765. The SMILES string of the molecule is C=C(C)C(C)(C)c1cc(S(=O)(=O)O)ccc1C.C=CC1CCC/C(=C\O)C1c1ccc(C(=O)O)cc1.Cc1ccccc1. The van der Waals surface area contributed by atoms with Crippen molar-refractivity contribution in [2.75, 3.05) is 0 Å². The molecule has 230 valence electrons. The Kier molecular flexibility index (Phi) is 12.7. The van der Waals surface area contributed by atoms with Gasteiger partial charge in [-0.3, -0.25) is 4.55 Å². The van der Waals surface area contributed by atoms with Crippen LogP contribution in [0, 0.1) is 19.8 Å². The molecule has 7 heteroatoms. The summed E-state index contributed by atoms with van der Waals surface area (Å²) in [5.74, 6) is -0.518. The van der Waals surface area contributed by atoms with Crippen LogP contribution >= 0.6 is 0 Å². The summed E-state index contributed by atoms with van der Waals surface area (Å²) in [6.45, 7) is 17.6. The molecule has 1 aliphatic rings. The minimum atomic E-state index is -4.16. The lowest BCUT2D eigenvalue weighted by atomic mass is 9.72. The van der Waals surface area contributed by atoms with Gasteiger partial charge in [-0.1, -0.05) is 86.2 Å². The molecule has 3 aromatic rings. The summed E-state index contributed by atoms with van der Waals surface area (Å²) in [5.41, 5.74) is 6.09. The lowest BCUT2D eigenvalue weighted by Crippen LogP contribution is -2.20. The van der Waals surface area contributed by atoms with Crippen LogP contribution in [-0.2, 0) is 15.5 Å². The van der Waals surface area contributed by atoms with Gasteiger partial charge in [-0.2, -0.15) is 8.42 Å². The average molecular weight is 605 g/mol. The summed E-state index contributed by atoms with van der Waals surface area (Å²) in [5, 5.41) is 18.3. The fourth-order valence-corrected chi connectivity index (χ4v) is 5.54. The summed E-state index contributed by atoms with van der Waals surface area (Å²) < 4.78 is 31.3. The third kappa shape index (κ3) is 9.80. The van der Waals surface area contributed by atoms with E-state index in [0.717, 1.165) is 47.1 Å². The highest BCUT2D eigenvalue weighted by Gasteiger charge is 2.29. The second kappa shape index (κ2) is 15.5. The second-order valence-corrected chi connectivity index (χ2v) is 12.8. The Hall–Kier alpha value is -3.94. The number of carbonyl (C=O) groups is 1. The Morgan fingerprint density at radius 1 is 1.00 bits per heavy atom. The van der Waals surface area contributed by atoms with Crippen LogP contribution < -0.4 is 0 Å². The first-order valence-electron chi connectivity index (χ1n) is 14.2. The van der Waals surface area contributed by atoms with Crippen molar-refractivity contribution in [3.8, 4) is 0 Å². The van der Waals surface area contributed by atoms with Crippen molar-refractivity contribution in [3.63, 3.8) is 0 Å². The van der Waals surface area contributed by atoms with Gasteiger partial charge < -0.3 is 10.2 Å². The van der Waals surface area contributed by atoms with Crippen LogP contribution in [0.3, 0.4) is 0 Å². The summed E-state index contributed by atoms with van der Waals surface area (Å²) in [4.78, 5) is 10.8. The Morgan fingerprint density at radius 2 is 1.60 bits per heavy atom. The lowest BCUT2D eigenvalue weighted by molar-refractivity contribution is 0.0696. The van der Waals surface area contributed by atoms with E-state index in [1.807, 2.05) is 64.1 Å². The van der Waals surface area contributed by atoms with Crippen LogP contribution in [0.25, 0.3) is 0 Å². The monoisotopic (exact) mass is 604 g/mol. The molecule has 4 rings (SSSR count). The normalized spacial score (nSPS) is 17.5. The molecule has 1 saturated carbocycles. The molecular weight excluding hydrogens is 560 g/mol. The van der Waals surface area contributed by atoms with Crippen molar-refractivity contribution in [3.05, 3.63) is 137 Å². The maximum atomic E-state index is 11.1. The van der Waals surface area contributed by atoms with Crippen molar-refractivity contribution in [2.24, 2.45) is 5.92 Å². The van der Waals surface area contributed by atoms with E-state index in [-0.39, 0.29) is 21.8 Å². The molecule has 2 unspecified atom stereocenters. The Morgan fingerprint density at radius 3 is 2.05 bits per heavy atom. The molecule has 0 bridgehead atoms. The molecule has 3 N–H and O–H groups in total. The van der Waals surface area contributed by atoms with Gasteiger partial charge in [0.1, 0.15) is 0 Å². The van der Waals surface area contributed by atoms with E-state index >= 15 is 0 Å². The van der Waals surface area contributed by atoms with E-state index < -0.39 is 16.1 Å². The van der Waals surface area contributed by atoms with Crippen LogP contribution in [0.1, 0.15) is 78.6 Å². The van der Waals surface area contributed by atoms with Crippen molar-refractivity contribution in [1.82, 2.24) is 0 Å². The molecule has 3 aromatic carbocycles. The van der Waals surface area contributed by atoms with Crippen LogP contribution in [0.2, 0.25) is 0 Å². The summed E-state index contributed by atoms with van der Waals surface area (Å²) in [6.07, 6.45) is 6.11. The fraction of sp³-hybridized carbons (Fsp3) is 0.306. The number of aryl methyl sites for hydroxylation is 2. The first-order valence-corrected chi connectivity index (χ1v) is 15.6. The Bertz CT molecular complexity index is 1530. The minimum Gasteiger partial charge on any atom is -0.516 e. The van der Waals surface area contributed by atoms with Crippen LogP contribution in [0.4, 0.5) is 0 Å². The van der Waals surface area contributed by atoms with Gasteiger partial charge in [0.2, 0.25) is 0 Å². The molecule has 0 radical (unpaired) electrons. The van der Waals surface area contributed by atoms with Gasteiger partial charge in [-0.25, -0.2) is 4.79 Å². The summed E-state index contributed by atoms with van der Waals surface area (Å²) in [6, 6.07) is 21.8. The predicted octanol–water partition coefficient (Wildman–Crippen LogP) is 8.99. The number of aliphatic hydroxyl groups is 1. The molecule has 0 amide bonds. The Balaban J connectivity index is 0.000000247. The van der Waals surface area contributed by atoms with Gasteiger partial charge in [0.05, 0.1) is 16.7 Å². The number of carboxylic acids is 1. The van der Waals surface area contributed by atoms with E-state index in [9.17, 15) is 18.3 Å². The number of benzene rings is 3. The molecule has 6 nitrogen and oxygen atoms in total. The van der Waals surface area contributed by atoms with E-state index in [1.165, 1.54) is 24.0 Å². The van der Waals surface area contributed by atoms with E-state index in [0.29, 0.717) is 5.92 Å². The lowest BCUT2D eigenvalue weighted by Gasteiger charge is -2.32. The zero-order chi connectivity index (χ0) is 32.4. The first-order chi connectivity index (χ1) is 20.1. The van der Waals surface area contributed by atoms with Crippen molar-refractivity contribution < 1.29 is 28.0 Å². The topological polar surface area (TPSA) is 112 Å². The van der Waals surface area contributed by atoms with Gasteiger partial charge in [0, 0.05) is 11.3 Å². The van der Waals surface area contributed by atoms with Crippen LogP contribution in [0.15, 0.2) is 114 Å². The van der Waals surface area contributed by atoms with Gasteiger partial charge in [0.25, 0.3) is 10.1 Å². The molecule has 2 atom stereocenters. The molecule has 43 heavy (non-hydrogen) atoms. The highest BCUT2D eigenvalue weighted by molar-refractivity contribution is 7.85. The van der Waals surface area contributed by atoms with Crippen molar-refractivity contribution in [1.29, 1.82) is 0 Å². The molecule has 1 aliphatic carbocycles. The van der Waals surface area contributed by atoms with E-state index in [2.05, 4.69) is 32.2 Å². The van der Waals surface area contributed by atoms with Crippen molar-refractivity contribution >= 4 is 16.1 Å². The highest BCUT2D eigenvalue weighted by Crippen LogP contribution is 2.42. The van der Waals surface area contributed by atoms with Gasteiger partial charge in [0.15, 0.2) is 0 Å². The standard InChI is InChI=1S/C16H18O3.C13H18O3S.C7H8/c1-2-11-4-3-5-14(10-17)15(11)12-6-8-13(9-7-12)16(18)19;1-9(2)13(4,5)12-8-11(17(14,15)16)7-6-10(12)3;1-7-5-3-2-4-6-7/h2,6-11,15,17H,1,3-5H2,(H,18,19);6-8H,1H2,2-5H3,(H,14,15,16);2-6H,1H3/b14-10+;;. The number of aliphatic hydroxyl groups excluding tert-OH is 1. The van der Waals surface area contributed by atoms with Crippen LogP contribution in [0.5, 0.6) is 0 Å². The van der Waals surface area contributed by atoms with E-state index in [4.69, 9.17) is 9.66 Å². The maximum Gasteiger partial charge on any atom is 0.335 e. The molecule has 0 heterocycles. The average Bonchev–Trinajstić information content (AvgIpc) is 2.97. The van der Waals surface area contributed by atoms with Crippen LogP contribution in [-0.4, -0.2) is 29.2 Å². The highest BCUT2D eigenvalue weighted by atomic mass is 32.2. The molecular formula is C36H44O6S. The molecule has 0 aromatic heterocycles. The number of aromatic carboxylic acids is 1. The summed E-state index contributed by atoms with van der Waals surface area (Å²) >= 11 is 0. The Labute approximate surface area is 256 Å². The molecule has 0 aliphatic heterocycles. The largest absolute Gasteiger partial charge is 0.516 e. The summed E-state index contributed by atoms with van der Waals surface area (Å²) in [7, 11) is -4.16. The number of allylic oxidation sites excluding steroid dienone is 3. The number of hydrogen-bond donors (Lipinski definition) is 3. The second-order valence-electron chi connectivity index (χ2n) is 11.4. The van der Waals surface area contributed by atoms with Gasteiger partial charge >= 0.3 is 5.97 Å². The van der Waals surface area contributed by atoms with Crippen molar-refractivity contribution in [2.45, 2.75) is 70.1 Å². The first kappa shape index (κ1) is 35.3. The zero-order valence-electron chi connectivity index (χ0n) is 25.7. The number of hydrogen-bond acceptors (Lipinski definition) is 4. The number of rotatable bonds is 6. The maximum absolute atomic E-state index is 11.1. The number of carboxylic acid groups (broad SMARTS) is 1. The van der Waals surface area contributed by atoms with Gasteiger partial charge in [-0.15, -0.1) is 6.58 Å². The third-order valence-corrected chi connectivity index (χ3v) is 8.85. The van der Waals surface area contributed by atoms with E-state index in [1.54, 1.807) is 18.2 Å². The molecule has 0 spiro atoms. The molecule has 1 fully saturated rings. The quantitative estimate of drug-likeness (QED) is 0.147. The predicted molar refractivity (Wildman–Crippen MR) is 174 cm³/mol. The molecule has 0 saturated heterocycles. The smallest absolute Gasteiger partial charge is 0.335 e. The fourth-order valence-electron chi connectivity index (χ4n) is 5.03.